The lowest BCUT2D eigenvalue weighted by Gasteiger charge is -2.23. The number of quaternary nitrogens is 1. The van der Waals surface area contributed by atoms with Crippen molar-refractivity contribution in [3.05, 3.63) is 52.4 Å². The molecular formula is C18H23N2O2S+. The summed E-state index contributed by atoms with van der Waals surface area (Å²) in [6.45, 7) is 6.81. The van der Waals surface area contributed by atoms with E-state index in [-0.39, 0.29) is 5.91 Å². The predicted molar refractivity (Wildman–Crippen MR) is 93.3 cm³/mol. The summed E-state index contributed by atoms with van der Waals surface area (Å²) in [7, 11) is 0. The minimum Gasteiger partial charge on any atom is -0.370 e. The second-order valence-electron chi connectivity index (χ2n) is 5.78. The standard InChI is InChI=1S/C18H22N2O2S/c1-2-16-12-15(13-20-8-10-22-11-9-20)18(23-16)19-17(21)14-6-4-3-5-7-14/h3-7,12H,2,8-11,13H2,1H3,(H,19,21)/p+1. The largest absolute Gasteiger partial charge is 0.370 e. The molecule has 0 aliphatic carbocycles. The maximum atomic E-state index is 12.4. The molecular weight excluding hydrogens is 308 g/mol. The van der Waals surface area contributed by atoms with Gasteiger partial charge in [-0.3, -0.25) is 4.79 Å². The number of morpholine rings is 1. The van der Waals surface area contributed by atoms with Crippen LogP contribution in [0.25, 0.3) is 0 Å². The molecule has 1 saturated heterocycles. The SMILES string of the molecule is CCc1cc(C[NH+]2CCOCC2)c(NC(=O)c2ccccc2)s1. The first-order chi connectivity index (χ1) is 11.3. The van der Waals surface area contributed by atoms with E-state index < -0.39 is 0 Å². The van der Waals surface area contributed by atoms with E-state index in [9.17, 15) is 4.79 Å². The number of hydrogen-bond donors (Lipinski definition) is 2. The summed E-state index contributed by atoms with van der Waals surface area (Å²) in [4.78, 5) is 15.3. The first-order valence-electron chi connectivity index (χ1n) is 8.15. The second kappa shape index (κ2) is 7.73. The molecule has 0 unspecified atom stereocenters. The molecule has 1 aliphatic heterocycles. The van der Waals surface area contributed by atoms with Crippen LogP contribution >= 0.6 is 11.3 Å². The van der Waals surface area contributed by atoms with Crippen molar-refractivity contribution in [1.29, 1.82) is 0 Å². The van der Waals surface area contributed by atoms with Gasteiger partial charge in [0.25, 0.3) is 5.91 Å². The molecule has 1 aliphatic rings. The molecule has 23 heavy (non-hydrogen) atoms. The Labute approximate surface area is 141 Å². The predicted octanol–water partition coefficient (Wildman–Crippen LogP) is 1.98. The molecule has 2 N–H and O–H groups in total. The third-order valence-electron chi connectivity index (χ3n) is 4.11. The summed E-state index contributed by atoms with van der Waals surface area (Å²) in [5.41, 5.74) is 1.94. The number of carbonyl (C=O) groups excluding carboxylic acids is 1. The molecule has 0 radical (unpaired) electrons. The van der Waals surface area contributed by atoms with Crippen LogP contribution < -0.4 is 10.2 Å². The van der Waals surface area contributed by atoms with Gasteiger partial charge in [0, 0.05) is 16.0 Å². The number of hydrogen-bond acceptors (Lipinski definition) is 3. The summed E-state index contributed by atoms with van der Waals surface area (Å²) in [6, 6.07) is 11.6. The van der Waals surface area contributed by atoms with Gasteiger partial charge in [0.1, 0.15) is 24.6 Å². The van der Waals surface area contributed by atoms with Crippen molar-refractivity contribution in [2.45, 2.75) is 19.9 Å². The Hall–Kier alpha value is -1.69. The third-order valence-corrected chi connectivity index (χ3v) is 5.35. The number of aryl methyl sites for hydroxylation is 1. The fourth-order valence-corrected chi connectivity index (χ4v) is 3.78. The van der Waals surface area contributed by atoms with Crippen LogP contribution in [0.4, 0.5) is 5.00 Å². The van der Waals surface area contributed by atoms with E-state index in [1.165, 1.54) is 15.3 Å². The van der Waals surface area contributed by atoms with Gasteiger partial charge in [0.2, 0.25) is 0 Å². The molecule has 122 valence electrons. The number of carbonyl (C=O) groups is 1. The van der Waals surface area contributed by atoms with E-state index in [1.54, 1.807) is 11.3 Å². The maximum Gasteiger partial charge on any atom is 0.256 e. The summed E-state index contributed by atoms with van der Waals surface area (Å²) < 4.78 is 5.43. The molecule has 1 amide bonds. The minimum atomic E-state index is -0.0340. The second-order valence-corrected chi connectivity index (χ2v) is 6.92. The minimum absolute atomic E-state index is 0.0340. The number of ether oxygens (including phenoxy) is 1. The first kappa shape index (κ1) is 16.2. The molecule has 1 aromatic heterocycles. The molecule has 1 aromatic carbocycles. The van der Waals surface area contributed by atoms with E-state index in [2.05, 4.69) is 18.3 Å². The van der Waals surface area contributed by atoms with E-state index in [4.69, 9.17) is 4.74 Å². The van der Waals surface area contributed by atoms with Gasteiger partial charge < -0.3 is 15.0 Å². The van der Waals surface area contributed by atoms with Gasteiger partial charge in [-0.25, -0.2) is 0 Å². The number of rotatable bonds is 5. The molecule has 5 heteroatoms. The molecule has 0 atom stereocenters. The van der Waals surface area contributed by atoms with Crippen LogP contribution in [-0.4, -0.2) is 32.2 Å². The van der Waals surface area contributed by atoms with Crippen LogP contribution in [0, 0.1) is 0 Å². The van der Waals surface area contributed by atoms with Crippen molar-refractivity contribution in [3.8, 4) is 0 Å². The monoisotopic (exact) mass is 331 g/mol. The topological polar surface area (TPSA) is 42.8 Å². The van der Waals surface area contributed by atoms with Crippen LogP contribution in [0.15, 0.2) is 36.4 Å². The number of anilines is 1. The zero-order valence-corrected chi connectivity index (χ0v) is 14.2. The van der Waals surface area contributed by atoms with Gasteiger partial charge in [-0.05, 0) is 24.6 Å². The van der Waals surface area contributed by atoms with Crippen LogP contribution in [0.1, 0.15) is 27.7 Å². The van der Waals surface area contributed by atoms with Gasteiger partial charge in [-0.1, -0.05) is 25.1 Å². The van der Waals surface area contributed by atoms with Crippen LogP contribution in [-0.2, 0) is 17.7 Å². The van der Waals surface area contributed by atoms with Crippen LogP contribution in [0.5, 0.6) is 0 Å². The molecule has 2 aromatic rings. The number of thiophene rings is 1. The maximum absolute atomic E-state index is 12.4. The number of benzene rings is 1. The van der Waals surface area contributed by atoms with Crippen LogP contribution in [0.2, 0.25) is 0 Å². The molecule has 0 spiro atoms. The number of nitrogens with one attached hydrogen (secondary N) is 2. The average molecular weight is 331 g/mol. The summed E-state index contributed by atoms with van der Waals surface area (Å²) >= 11 is 1.69. The lowest BCUT2D eigenvalue weighted by atomic mass is 10.2. The van der Waals surface area contributed by atoms with E-state index in [1.807, 2.05) is 30.3 Å². The molecule has 0 bridgehead atoms. The Kier molecular flexibility index (Phi) is 5.43. The fraction of sp³-hybridized carbons (Fsp3) is 0.389. The van der Waals surface area contributed by atoms with Crippen molar-refractivity contribution < 1.29 is 14.4 Å². The van der Waals surface area contributed by atoms with E-state index in [0.717, 1.165) is 44.3 Å². The van der Waals surface area contributed by atoms with Crippen molar-refractivity contribution in [2.75, 3.05) is 31.6 Å². The zero-order valence-electron chi connectivity index (χ0n) is 13.4. The lowest BCUT2D eigenvalue weighted by molar-refractivity contribution is -0.921. The Morgan fingerprint density at radius 3 is 2.70 bits per heavy atom. The Balaban J connectivity index is 1.75. The summed E-state index contributed by atoms with van der Waals surface area (Å²) in [5, 5.41) is 4.10. The highest BCUT2D eigenvalue weighted by Crippen LogP contribution is 2.28. The molecule has 0 saturated carbocycles. The molecule has 3 rings (SSSR count). The highest BCUT2D eigenvalue weighted by atomic mass is 32.1. The van der Waals surface area contributed by atoms with Gasteiger partial charge in [0.05, 0.1) is 13.2 Å². The van der Waals surface area contributed by atoms with E-state index >= 15 is 0 Å². The average Bonchev–Trinajstić information content (AvgIpc) is 2.98. The molecule has 1 fully saturated rings. The highest BCUT2D eigenvalue weighted by molar-refractivity contribution is 7.16. The van der Waals surface area contributed by atoms with Gasteiger partial charge in [0.15, 0.2) is 0 Å². The van der Waals surface area contributed by atoms with Crippen molar-refractivity contribution in [3.63, 3.8) is 0 Å². The molecule has 4 nitrogen and oxygen atoms in total. The van der Waals surface area contributed by atoms with Crippen molar-refractivity contribution >= 4 is 22.2 Å². The first-order valence-corrected chi connectivity index (χ1v) is 8.97. The molecule has 2 heterocycles. The van der Waals surface area contributed by atoms with Gasteiger partial charge >= 0.3 is 0 Å². The fourth-order valence-electron chi connectivity index (χ4n) is 2.77. The van der Waals surface area contributed by atoms with Crippen molar-refractivity contribution in [2.24, 2.45) is 0 Å². The third kappa shape index (κ3) is 4.19. The van der Waals surface area contributed by atoms with Gasteiger partial charge in [-0.15, -0.1) is 11.3 Å². The van der Waals surface area contributed by atoms with Gasteiger partial charge in [-0.2, -0.15) is 0 Å². The van der Waals surface area contributed by atoms with Crippen molar-refractivity contribution in [1.82, 2.24) is 0 Å². The van der Waals surface area contributed by atoms with E-state index in [0.29, 0.717) is 5.56 Å². The Morgan fingerprint density at radius 2 is 2.00 bits per heavy atom. The smallest absolute Gasteiger partial charge is 0.256 e. The van der Waals surface area contributed by atoms with Crippen LogP contribution in [0.3, 0.4) is 0 Å². The lowest BCUT2D eigenvalue weighted by Crippen LogP contribution is -3.12. The Bertz CT molecular complexity index is 648. The summed E-state index contributed by atoms with van der Waals surface area (Å²) in [6.07, 6.45) is 0.997. The zero-order chi connectivity index (χ0) is 16.1. The quantitative estimate of drug-likeness (QED) is 0.880. The number of amides is 1. The summed E-state index contributed by atoms with van der Waals surface area (Å²) in [5.74, 6) is -0.0340. The Morgan fingerprint density at radius 1 is 1.26 bits per heavy atom. The normalized spacial score (nSPS) is 15.5. The highest BCUT2D eigenvalue weighted by Gasteiger charge is 2.19.